The average Bonchev–Trinajstić information content (AvgIpc) is 3.25. The molecule has 1 fully saturated rings. The summed E-state index contributed by atoms with van der Waals surface area (Å²) in [6.45, 7) is 18.7. The van der Waals surface area contributed by atoms with Gasteiger partial charge in [0.15, 0.2) is 0 Å². The Labute approximate surface area is 261 Å². The van der Waals surface area contributed by atoms with E-state index in [-0.39, 0.29) is 39.7 Å². The number of rotatable bonds is 4. The summed E-state index contributed by atoms with van der Waals surface area (Å²) in [5.41, 5.74) is 5.36. The number of carboxylic acids is 2. The van der Waals surface area contributed by atoms with Crippen molar-refractivity contribution in [3.05, 3.63) is 57.6 Å². The first-order chi connectivity index (χ1) is 18.7. The van der Waals surface area contributed by atoms with Crippen molar-refractivity contribution in [1.29, 1.82) is 0 Å². The van der Waals surface area contributed by atoms with Gasteiger partial charge in [0.1, 0.15) is 11.5 Å². The molecule has 1 saturated carbocycles. The van der Waals surface area contributed by atoms with E-state index >= 15 is 0 Å². The van der Waals surface area contributed by atoms with Crippen LogP contribution in [0.4, 0.5) is 0 Å². The van der Waals surface area contributed by atoms with E-state index in [1.807, 2.05) is 24.6 Å². The van der Waals surface area contributed by atoms with E-state index in [0.29, 0.717) is 11.5 Å². The summed E-state index contributed by atoms with van der Waals surface area (Å²) in [5, 5.41) is 39.5. The molecule has 1 aliphatic carbocycles. The standard InChI is InChI=1S/C29H40N2O2.2C2H4O2.Co/c1-18-12-20(26(32)22(14-18)28(3,4)5)16-30-24-10-9-11-25(24)31-17-21-13-19(2)15-23(27(21)33)29(6,7)8;2*1-2(3)4;/h12-17,24-25,32-33H,9-11H2,1-8H3;2*1H3,(H,3,4);/q;;;+2/p-2. The van der Waals surface area contributed by atoms with Crippen LogP contribution in [0.2, 0.25) is 0 Å². The zero-order chi connectivity index (χ0) is 31.7. The van der Waals surface area contributed by atoms with Gasteiger partial charge in [-0.2, -0.15) is 0 Å². The molecule has 2 aromatic carbocycles. The van der Waals surface area contributed by atoms with Crippen molar-refractivity contribution in [1.82, 2.24) is 0 Å². The number of carboxylic acid groups (broad SMARTS) is 2. The van der Waals surface area contributed by atoms with Crippen molar-refractivity contribution in [3.8, 4) is 11.5 Å². The number of aromatic hydroxyl groups is 2. The van der Waals surface area contributed by atoms with E-state index in [0.717, 1.165) is 66.5 Å². The van der Waals surface area contributed by atoms with Gasteiger partial charge >= 0.3 is 16.8 Å². The van der Waals surface area contributed by atoms with Crippen LogP contribution in [-0.4, -0.2) is 46.7 Å². The number of aliphatic imine (C=N–C) groups is 2. The van der Waals surface area contributed by atoms with Crippen LogP contribution in [0, 0.1) is 13.8 Å². The van der Waals surface area contributed by atoms with E-state index in [2.05, 4.69) is 67.5 Å². The first-order valence-corrected chi connectivity index (χ1v) is 13.8. The van der Waals surface area contributed by atoms with E-state index in [1.54, 1.807) is 0 Å². The van der Waals surface area contributed by atoms with Gasteiger partial charge in [0.05, 0.1) is 12.1 Å². The van der Waals surface area contributed by atoms with Crippen LogP contribution < -0.4 is 10.2 Å². The molecule has 1 aliphatic rings. The Bertz CT molecular complexity index is 1170. The Kier molecular flexibility index (Phi) is 15.2. The second-order valence-electron chi connectivity index (χ2n) is 12.6. The Morgan fingerprint density at radius 1 is 0.738 bits per heavy atom. The number of phenols is 2. The number of phenolic OH excluding ortho intramolecular Hbond substituents is 2. The number of hydrogen-bond donors (Lipinski definition) is 2. The molecule has 0 aliphatic heterocycles. The van der Waals surface area contributed by atoms with Gasteiger partial charge in [-0.05, 0) is 81.0 Å². The van der Waals surface area contributed by atoms with Gasteiger partial charge < -0.3 is 30.0 Å². The van der Waals surface area contributed by atoms with Gasteiger partial charge in [0, 0.05) is 46.6 Å². The number of nitrogens with zero attached hydrogens (tertiary/aromatic N) is 2. The summed E-state index contributed by atoms with van der Waals surface area (Å²) in [6, 6.07) is 8.23. The van der Waals surface area contributed by atoms with E-state index in [1.165, 1.54) is 0 Å². The molecule has 233 valence electrons. The summed E-state index contributed by atoms with van der Waals surface area (Å²) >= 11 is 0. The SMILES string of the molecule is CC(=O)[O-].CC(=O)[O-].Cc1cc(C=NC2CCCC2N=Cc2cc(C)cc(C(C)(C)C)c2O)c(O)c(C(C)(C)C)c1.[Co+2]. The minimum atomic E-state index is -1.08. The molecular weight excluding hydrogens is 579 g/mol. The van der Waals surface area contributed by atoms with Gasteiger partial charge in [-0.15, -0.1) is 0 Å². The third-order valence-corrected chi connectivity index (χ3v) is 6.44. The minimum Gasteiger partial charge on any atom is -0.550 e. The van der Waals surface area contributed by atoms with Gasteiger partial charge in [-0.25, -0.2) is 0 Å². The summed E-state index contributed by atoms with van der Waals surface area (Å²) in [4.78, 5) is 27.5. The molecule has 42 heavy (non-hydrogen) atoms. The molecule has 0 amide bonds. The number of hydrogen-bond acceptors (Lipinski definition) is 8. The second kappa shape index (κ2) is 16.5. The molecule has 1 radical (unpaired) electrons. The third kappa shape index (κ3) is 12.8. The molecule has 2 unspecified atom stereocenters. The zero-order valence-corrected chi connectivity index (χ0v) is 27.5. The maximum absolute atomic E-state index is 10.8. The van der Waals surface area contributed by atoms with Crippen molar-refractivity contribution >= 4 is 24.4 Å². The molecule has 2 N–H and O–H groups in total. The molecule has 0 saturated heterocycles. The predicted octanol–water partition coefficient (Wildman–Crippen LogP) is 4.28. The molecule has 3 rings (SSSR count). The Morgan fingerprint density at radius 3 is 1.29 bits per heavy atom. The van der Waals surface area contributed by atoms with Crippen LogP contribution in [0.3, 0.4) is 0 Å². The van der Waals surface area contributed by atoms with Gasteiger partial charge in [-0.3, -0.25) is 9.98 Å². The smallest absolute Gasteiger partial charge is 0.550 e. The summed E-state index contributed by atoms with van der Waals surface area (Å²) < 4.78 is 0. The quantitative estimate of drug-likeness (QED) is 0.486. The minimum absolute atomic E-state index is 0. The summed E-state index contributed by atoms with van der Waals surface area (Å²) in [7, 11) is 0. The fraction of sp³-hybridized carbons (Fsp3) is 0.515. The van der Waals surface area contributed by atoms with Crippen LogP contribution in [0.15, 0.2) is 34.3 Å². The summed E-state index contributed by atoms with van der Waals surface area (Å²) in [5.74, 6) is -1.54. The first kappa shape index (κ1) is 38.8. The fourth-order valence-electron chi connectivity index (χ4n) is 4.57. The van der Waals surface area contributed by atoms with Crippen molar-refractivity contribution in [2.24, 2.45) is 9.98 Å². The third-order valence-electron chi connectivity index (χ3n) is 6.44. The molecule has 2 aromatic rings. The molecule has 9 heteroatoms. The number of carbonyl (C=O) groups excluding carboxylic acids is 2. The van der Waals surface area contributed by atoms with Crippen molar-refractivity contribution in [2.45, 2.75) is 111 Å². The van der Waals surface area contributed by atoms with E-state index < -0.39 is 11.9 Å². The molecule has 2 atom stereocenters. The van der Waals surface area contributed by atoms with E-state index in [9.17, 15) is 10.2 Å². The van der Waals surface area contributed by atoms with E-state index in [4.69, 9.17) is 29.8 Å². The van der Waals surface area contributed by atoms with Gasteiger partial charge in [0.2, 0.25) is 0 Å². The Morgan fingerprint density at radius 2 is 1.02 bits per heavy atom. The number of aryl methyl sites for hydroxylation is 2. The number of aliphatic carboxylic acids is 2. The van der Waals surface area contributed by atoms with Crippen molar-refractivity contribution < 1.29 is 46.8 Å². The van der Waals surface area contributed by atoms with Crippen molar-refractivity contribution in [3.63, 3.8) is 0 Å². The number of benzene rings is 2. The predicted molar refractivity (Wildman–Crippen MR) is 161 cm³/mol. The normalized spacial score (nSPS) is 16.7. The fourth-order valence-corrected chi connectivity index (χ4v) is 4.57. The molecule has 8 nitrogen and oxygen atoms in total. The molecule has 0 spiro atoms. The second-order valence-corrected chi connectivity index (χ2v) is 12.6. The maximum Gasteiger partial charge on any atom is 2.00 e. The molecule has 0 heterocycles. The molecule has 0 aromatic heterocycles. The van der Waals surface area contributed by atoms with Crippen molar-refractivity contribution in [2.75, 3.05) is 0 Å². The van der Waals surface area contributed by atoms with Crippen LogP contribution in [-0.2, 0) is 37.2 Å². The van der Waals surface area contributed by atoms with Crippen LogP contribution in [0.1, 0.15) is 108 Å². The molecular formula is C33H46CoN2O6. The summed E-state index contributed by atoms with van der Waals surface area (Å²) in [6.07, 6.45) is 6.66. The van der Waals surface area contributed by atoms with Gasteiger partial charge in [0.25, 0.3) is 0 Å². The number of carbonyl (C=O) groups is 2. The van der Waals surface area contributed by atoms with Gasteiger partial charge in [-0.1, -0.05) is 53.7 Å². The monoisotopic (exact) mass is 625 g/mol. The Balaban J connectivity index is 0.00000166. The van der Waals surface area contributed by atoms with Crippen LogP contribution >= 0.6 is 0 Å². The van der Waals surface area contributed by atoms with Crippen LogP contribution in [0.5, 0.6) is 11.5 Å². The Hall–Kier alpha value is -3.17. The maximum atomic E-state index is 10.8. The first-order valence-electron chi connectivity index (χ1n) is 13.8. The zero-order valence-electron chi connectivity index (χ0n) is 26.5. The van der Waals surface area contributed by atoms with Crippen LogP contribution in [0.25, 0.3) is 0 Å². The topological polar surface area (TPSA) is 145 Å². The average molecular weight is 626 g/mol. The largest absolute Gasteiger partial charge is 2.00 e. The molecule has 0 bridgehead atoms.